The highest BCUT2D eigenvalue weighted by atomic mass is 16.7. The number of hydrogen-bond acceptors (Lipinski definition) is 2. The van der Waals surface area contributed by atoms with Gasteiger partial charge in [0.15, 0.2) is 5.79 Å². The first-order valence-corrected chi connectivity index (χ1v) is 8.95. The molecule has 1 aliphatic rings. The van der Waals surface area contributed by atoms with Crippen molar-refractivity contribution >= 4 is 0 Å². The van der Waals surface area contributed by atoms with Crippen molar-refractivity contribution < 1.29 is 9.47 Å². The van der Waals surface area contributed by atoms with Crippen LogP contribution in [0.15, 0.2) is 12.7 Å². The van der Waals surface area contributed by atoms with E-state index in [-0.39, 0.29) is 18.1 Å². The van der Waals surface area contributed by atoms with Crippen molar-refractivity contribution in [2.45, 2.75) is 90.6 Å². The zero-order chi connectivity index (χ0) is 17.1. The molecule has 0 amide bonds. The van der Waals surface area contributed by atoms with Crippen molar-refractivity contribution in [2.75, 3.05) is 0 Å². The van der Waals surface area contributed by atoms with E-state index in [4.69, 9.17) is 9.47 Å². The molecule has 2 heteroatoms. The van der Waals surface area contributed by atoms with Crippen LogP contribution in [0, 0.1) is 29.6 Å². The zero-order valence-electron chi connectivity index (χ0n) is 15.3. The van der Waals surface area contributed by atoms with E-state index in [0.717, 1.165) is 6.42 Å². The summed E-state index contributed by atoms with van der Waals surface area (Å²) in [5.41, 5.74) is 0. The predicted molar refractivity (Wildman–Crippen MR) is 96.7 cm³/mol. The maximum absolute atomic E-state index is 6.04. The molecule has 2 nitrogen and oxygen atoms in total. The van der Waals surface area contributed by atoms with Crippen molar-refractivity contribution in [3.8, 4) is 23.7 Å². The highest BCUT2D eigenvalue weighted by Crippen LogP contribution is 2.32. The zero-order valence-corrected chi connectivity index (χ0v) is 15.3. The van der Waals surface area contributed by atoms with Gasteiger partial charge in [0.2, 0.25) is 0 Å². The average Bonchev–Trinajstić information content (AvgIpc) is 2.80. The third-order valence-corrected chi connectivity index (χ3v) is 3.98. The Labute approximate surface area is 143 Å². The molecule has 23 heavy (non-hydrogen) atoms. The first-order chi connectivity index (χ1) is 11.0. The Morgan fingerprint density at radius 2 is 1.78 bits per heavy atom. The third-order valence-electron chi connectivity index (χ3n) is 3.98. The maximum Gasteiger partial charge on any atom is 0.163 e. The Hall–Kier alpha value is -1.22. The van der Waals surface area contributed by atoms with Gasteiger partial charge in [0.25, 0.3) is 0 Å². The van der Waals surface area contributed by atoms with Crippen molar-refractivity contribution in [3.63, 3.8) is 0 Å². The van der Waals surface area contributed by atoms with Gasteiger partial charge in [-0.05, 0) is 39.0 Å². The van der Waals surface area contributed by atoms with Crippen LogP contribution in [-0.2, 0) is 9.47 Å². The Morgan fingerprint density at radius 3 is 2.48 bits per heavy atom. The fourth-order valence-electron chi connectivity index (χ4n) is 2.68. The molecule has 0 aliphatic carbocycles. The molecule has 0 aromatic heterocycles. The average molecular weight is 316 g/mol. The van der Waals surface area contributed by atoms with E-state index < -0.39 is 5.79 Å². The molecular formula is C21H32O2. The van der Waals surface area contributed by atoms with Gasteiger partial charge in [0.1, 0.15) is 0 Å². The molecule has 0 unspecified atom stereocenters. The molecule has 0 aromatic carbocycles. The second-order valence-electron chi connectivity index (χ2n) is 6.71. The van der Waals surface area contributed by atoms with E-state index in [9.17, 15) is 0 Å². The van der Waals surface area contributed by atoms with E-state index in [1.165, 1.54) is 32.1 Å². The fourth-order valence-corrected chi connectivity index (χ4v) is 2.68. The van der Waals surface area contributed by atoms with Gasteiger partial charge in [-0.1, -0.05) is 56.9 Å². The van der Waals surface area contributed by atoms with Crippen LogP contribution in [-0.4, -0.2) is 18.0 Å². The standard InChI is InChI=1S/C21H32O2/c1-6-8-9-10-13-16-19-20(23-21(4,5)22-19)17-14-11-12-15-18(3)7-2/h7,18-20H,2,6,8-10,13,16-17H2,1,3-5H3/t18-,19-,20-/m1/s1. The minimum absolute atomic E-state index is 0.0577. The molecule has 0 aromatic rings. The summed E-state index contributed by atoms with van der Waals surface area (Å²) in [7, 11) is 0. The SMILES string of the molecule is C=C[C@@H](C)C#CC#CC[C@H]1OC(C)(C)O[C@@H]1CCCCCCC. The Kier molecular flexibility index (Phi) is 9.08. The molecule has 1 aliphatic heterocycles. The minimum atomic E-state index is -0.497. The molecule has 0 radical (unpaired) electrons. The van der Waals surface area contributed by atoms with Crippen LogP contribution in [0.2, 0.25) is 0 Å². The lowest BCUT2D eigenvalue weighted by Crippen LogP contribution is -2.21. The highest BCUT2D eigenvalue weighted by Gasteiger charge is 2.40. The number of allylic oxidation sites excluding steroid dienone is 1. The smallest absolute Gasteiger partial charge is 0.163 e. The van der Waals surface area contributed by atoms with Crippen LogP contribution >= 0.6 is 0 Å². The summed E-state index contributed by atoms with van der Waals surface area (Å²) < 4.78 is 12.0. The highest BCUT2D eigenvalue weighted by molar-refractivity contribution is 5.28. The van der Waals surface area contributed by atoms with E-state index in [0.29, 0.717) is 6.42 Å². The van der Waals surface area contributed by atoms with Crippen molar-refractivity contribution in [2.24, 2.45) is 5.92 Å². The van der Waals surface area contributed by atoms with Crippen LogP contribution < -0.4 is 0 Å². The predicted octanol–water partition coefficient (Wildman–Crippen LogP) is 5.09. The summed E-state index contributed by atoms with van der Waals surface area (Å²) >= 11 is 0. The van der Waals surface area contributed by atoms with Gasteiger partial charge in [-0.25, -0.2) is 0 Å². The molecule has 128 valence electrons. The summed E-state index contributed by atoms with van der Waals surface area (Å²) in [4.78, 5) is 0. The Morgan fingerprint density at radius 1 is 1.09 bits per heavy atom. The number of ether oxygens (including phenoxy) is 2. The Balaban J connectivity index is 2.44. The fraction of sp³-hybridized carbons (Fsp3) is 0.714. The van der Waals surface area contributed by atoms with Gasteiger partial charge in [-0.2, -0.15) is 0 Å². The van der Waals surface area contributed by atoms with Gasteiger partial charge in [-0.15, -0.1) is 6.58 Å². The summed E-state index contributed by atoms with van der Waals surface area (Å²) in [6.07, 6.45) is 10.2. The molecule has 3 atom stereocenters. The van der Waals surface area contributed by atoms with Crippen LogP contribution in [0.4, 0.5) is 0 Å². The first-order valence-electron chi connectivity index (χ1n) is 8.95. The summed E-state index contributed by atoms with van der Waals surface area (Å²) in [6, 6.07) is 0. The van der Waals surface area contributed by atoms with E-state index >= 15 is 0 Å². The molecule has 0 bridgehead atoms. The molecule has 0 N–H and O–H groups in total. The molecule has 1 saturated heterocycles. The topological polar surface area (TPSA) is 18.5 Å². The third kappa shape index (κ3) is 8.26. The largest absolute Gasteiger partial charge is 0.345 e. The lowest BCUT2D eigenvalue weighted by molar-refractivity contribution is -0.146. The summed E-state index contributed by atoms with van der Waals surface area (Å²) in [6.45, 7) is 11.9. The van der Waals surface area contributed by atoms with Crippen LogP contribution in [0.25, 0.3) is 0 Å². The summed E-state index contributed by atoms with van der Waals surface area (Å²) in [5.74, 6) is 11.6. The van der Waals surface area contributed by atoms with Crippen LogP contribution in [0.1, 0.15) is 72.6 Å². The second kappa shape index (κ2) is 10.5. The van der Waals surface area contributed by atoms with Crippen molar-refractivity contribution in [1.29, 1.82) is 0 Å². The number of rotatable bonds is 8. The summed E-state index contributed by atoms with van der Waals surface area (Å²) in [5, 5.41) is 0. The minimum Gasteiger partial charge on any atom is -0.345 e. The lowest BCUT2D eigenvalue weighted by Gasteiger charge is -2.16. The molecule has 0 spiro atoms. The molecular weight excluding hydrogens is 284 g/mol. The monoisotopic (exact) mass is 316 g/mol. The number of unbranched alkanes of at least 4 members (excludes halogenated alkanes) is 4. The molecule has 0 saturated carbocycles. The molecule has 1 rings (SSSR count). The van der Waals surface area contributed by atoms with Gasteiger partial charge in [0.05, 0.1) is 12.2 Å². The van der Waals surface area contributed by atoms with E-state index in [1.807, 2.05) is 26.8 Å². The van der Waals surface area contributed by atoms with Gasteiger partial charge < -0.3 is 9.47 Å². The first kappa shape index (κ1) is 19.8. The van der Waals surface area contributed by atoms with Crippen LogP contribution in [0.3, 0.4) is 0 Å². The lowest BCUT2D eigenvalue weighted by atomic mass is 10.0. The number of hydrogen-bond donors (Lipinski definition) is 0. The maximum atomic E-state index is 6.04. The normalized spacial score (nSPS) is 23.3. The second-order valence-corrected chi connectivity index (χ2v) is 6.71. The molecule has 1 fully saturated rings. The van der Waals surface area contributed by atoms with E-state index in [1.54, 1.807) is 0 Å². The molecule has 1 heterocycles. The van der Waals surface area contributed by atoms with Crippen LogP contribution in [0.5, 0.6) is 0 Å². The van der Waals surface area contributed by atoms with Gasteiger partial charge in [0, 0.05) is 12.3 Å². The Bertz CT molecular complexity index is 470. The quantitative estimate of drug-likeness (QED) is 0.353. The van der Waals surface area contributed by atoms with Gasteiger partial charge in [-0.3, -0.25) is 0 Å². The van der Waals surface area contributed by atoms with E-state index in [2.05, 4.69) is 37.2 Å². The van der Waals surface area contributed by atoms with Gasteiger partial charge >= 0.3 is 0 Å². The van der Waals surface area contributed by atoms with Crippen molar-refractivity contribution in [3.05, 3.63) is 12.7 Å². The van der Waals surface area contributed by atoms with Crippen molar-refractivity contribution in [1.82, 2.24) is 0 Å².